The van der Waals surface area contributed by atoms with Crippen molar-refractivity contribution in [3.05, 3.63) is 46.9 Å². The molecule has 2 aliphatic heterocycles. The molecular weight excluding hydrogens is 515 g/mol. The van der Waals surface area contributed by atoms with Gasteiger partial charge in [-0.2, -0.15) is 42.5 Å². The van der Waals surface area contributed by atoms with Gasteiger partial charge in [0.25, 0.3) is 5.92 Å². The topological polar surface area (TPSA) is 115 Å². The maximum Gasteiger partial charge on any atom is 0.312 e. The number of Topliss-reactive ketones (excluding diaryl/α,β-unsaturated/α-hetero) is 1. The number of rotatable bonds is 5. The van der Waals surface area contributed by atoms with Crippen LogP contribution in [0.2, 0.25) is 0 Å². The molecule has 1 aliphatic carbocycles. The lowest BCUT2D eigenvalue weighted by molar-refractivity contribution is -0.154. The van der Waals surface area contributed by atoms with Crippen molar-refractivity contribution in [2.24, 2.45) is 16.1 Å². The lowest BCUT2D eigenvalue weighted by Crippen LogP contribution is -2.65. The van der Waals surface area contributed by atoms with E-state index in [4.69, 9.17) is 5.26 Å². The van der Waals surface area contributed by atoms with Gasteiger partial charge < -0.3 is 10.2 Å². The first-order valence-electron chi connectivity index (χ1n) is 10.8. The van der Waals surface area contributed by atoms with Crippen molar-refractivity contribution >= 4 is 44.6 Å². The van der Waals surface area contributed by atoms with Gasteiger partial charge in [-0.3, -0.25) is 14.4 Å². The van der Waals surface area contributed by atoms with Crippen molar-refractivity contribution in [3.8, 4) is 6.07 Å². The van der Waals surface area contributed by atoms with Gasteiger partial charge in [0, 0.05) is 37.8 Å². The van der Waals surface area contributed by atoms with Gasteiger partial charge in [-0.1, -0.05) is 6.07 Å². The summed E-state index contributed by atoms with van der Waals surface area (Å²) in [6.45, 7) is 1.93. The Balaban J connectivity index is 0.00000228. The molecule has 2 heterocycles. The van der Waals surface area contributed by atoms with E-state index < -0.39 is 53.9 Å². The summed E-state index contributed by atoms with van der Waals surface area (Å²) in [5, 5.41) is 19.0. The number of hydrogen-bond donors (Lipinski definition) is 1. The van der Waals surface area contributed by atoms with Crippen LogP contribution in [0.5, 0.6) is 0 Å². The number of carbonyl (C=O) groups excluding carboxylic acids is 3. The number of benzene rings is 1. The van der Waals surface area contributed by atoms with Crippen LogP contribution >= 0.6 is 27.0 Å². The number of nitriles is 1. The SMILES string of the molecule is C[C@H]1C[C@H](C(=O)Cc2ccc(F)c(C#N)c2)CN1C(=O)C(=O)NC1(C2=CCN=N2)CC(F)(F)C1.S.S. The van der Waals surface area contributed by atoms with Gasteiger partial charge in [0.1, 0.15) is 17.7 Å². The lowest BCUT2D eigenvalue weighted by atomic mass is 9.71. The van der Waals surface area contributed by atoms with Crippen molar-refractivity contribution in [2.75, 3.05) is 13.1 Å². The quantitative estimate of drug-likeness (QED) is 0.577. The molecule has 1 N–H and O–H groups in total. The number of hydrogen-bond acceptors (Lipinski definition) is 6. The summed E-state index contributed by atoms with van der Waals surface area (Å²) >= 11 is 0. The number of carbonyl (C=O) groups is 3. The molecule has 0 unspecified atom stereocenters. The minimum Gasteiger partial charge on any atom is -0.336 e. The Morgan fingerprint density at radius 1 is 1.25 bits per heavy atom. The highest BCUT2D eigenvalue weighted by molar-refractivity contribution is 7.59. The Kier molecular flexibility index (Phi) is 9.01. The van der Waals surface area contributed by atoms with Crippen molar-refractivity contribution in [3.63, 3.8) is 0 Å². The fraction of sp³-hybridized carbons (Fsp3) is 0.478. The van der Waals surface area contributed by atoms with Crippen LogP contribution in [0.15, 0.2) is 40.2 Å². The van der Waals surface area contributed by atoms with E-state index in [1.165, 1.54) is 17.0 Å². The molecule has 0 radical (unpaired) electrons. The maximum absolute atomic E-state index is 13.7. The largest absolute Gasteiger partial charge is 0.336 e. The second kappa shape index (κ2) is 11.0. The third kappa shape index (κ3) is 5.75. The van der Waals surface area contributed by atoms with Gasteiger partial charge in [-0.05, 0) is 37.1 Å². The number of likely N-dealkylation sites (tertiary alicyclic amines) is 1. The molecule has 36 heavy (non-hydrogen) atoms. The molecule has 2 amide bonds. The Morgan fingerprint density at radius 3 is 2.53 bits per heavy atom. The number of nitrogens with zero attached hydrogens (tertiary/aromatic N) is 4. The summed E-state index contributed by atoms with van der Waals surface area (Å²) in [4.78, 5) is 39.6. The van der Waals surface area contributed by atoms with Crippen molar-refractivity contribution in [1.29, 1.82) is 5.26 Å². The normalized spacial score (nSPS) is 22.9. The molecule has 0 aromatic heterocycles. The number of ketones is 1. The third-order valence-electron chi connectivity index (χ3n) is 6.52. The zero-order valence-corrected chi connectivity index (χ0v) is 21.4. The second-order valence-corrected chi connectivity index (χ2v) is 9.07. The Bertz CT molecular complexity index is 1160. The standard InChI is InChI=1S/C23H22F3N5O3.2H2S/c1-13-6-16(18(32)8-14-2-3-17(24)15(7-14)9-27)10-31(13)21(34)20(33)29-22(11-23(25,26)12-22)19-4-5-28-30-19;;/h2-4,7,13,16H,5-6,8,10-12H2,1H3,(H,29,33);2*1H2/t13-,16-;;/m0../s1. The zero-order valence-electron chi connectivity index (χ0n) is 19.4. The summed E-state index contributed by atoms with van der Waals surface area (Å²) in [7, 11) is 0. The van der Waals surface area contributed by atoms with Gasteiger partial charge >= 0.3 is 11.8 Å². The molecule has 13 heteroatoms. The van der Waals surface area contributed by atoms with Gasteiger partial charge in [0.2, 0.25) is 0 Å². The molecule has 3 aliphatic rings. The molecule has 1 aromatic carbocycles. The highest BCUT2D eigenvalue weighted by atomic mass is 32.1. The van der Waals surface area contributed by atoms with Gasteiger partial charge in [-0.25, -0.2) is 13.2 Å². The zero-order chi connectivity index (χ0) is 24.7. The van der Waals surface area contributed by atoms with E-state index in [1.807, 2.05) is 0 Å². The predicted octanol–water partition coefficient (Wildman–Crippen LogP) is 2.91. The Hall–Kier alpha value is -2.85. The smallest absolute Gasteiger partial charge is 0.312 e. The van der Waals surface area contributed by atoms with E-state index in [0.29, 0.717) is 12.0 Å². The first-order chi connectivity index (χ1) is 16.0. The summed E-state index contributed by atoms with van der Waals surface area (Å²) in [6.07, 6.45) is 0.497. The van der Waals surface area contributed by atoms with Crippen molar-refractivity contribution in [1.82, 2.24) is 10.2 Å². The van der Waals surface area contributed by atoms with Gasteiger partial charge in [-0.15, -0.1) is 0 Å². The van der Waals surface area contributed by atoms with E-state index in [-0.39, 0.29) is 63.5 Å². The number of halogens is 3. The molecule has 0 bridgehead atoms. The number of alkyl halides is 2. The van der Waals surface area contributed by atoms with Crippen LogP contribution in [-0.2, 0) is 20.8 Å². The van der Waals surface area contributed by atoms with Crippen LogP contribution in [0, 0.1) is 23.1 Å². The van der Waals surface area contributed by atoms with Crippen LogP contribution in [0.3, 0.4) is 0 Å². The molecule has 0 spiro atoms. The molecule has 2 atom stereocenters. The average molecular weight is 542 g/mol. The first-order valence-corrected chi connectivity index (χ1v) is 10.8. The molecule has 194 valence electrons. The van der Waals surface area contributed by atoms with E-state index >= 15 is 0 Å². The summed E-state index contributed by atoms with van der Waals surface area (Å²) in [5.41, 5.74) is -0.899. The molecular formula is C23H26F3N5O3S2. The van der Waals surface area contributed by atoms with Crippen LogP contribution in [-0.4, -0.2) is 53.1 Å². The molecule has 4 rings (SSSR count). The number of amides is 2. The molecule has 2 fully saturated rings. The number of nitrogens with one attached hydrogen (secondary N) is 1. The predicted molar refractivity (Wildman–Crippen MR) is 133 cm³/mol. The lowest BCUT2D eigenvalue weighted by Gasteiger charge is -2.47. The van der Waals surface area contributed by atoms with Crippen molar-refractivity contribution < 1.29 is 27.6 Å². The second-order valence-electron chi connectivity index (χ2n) is 9.07. The molecule has 1 saturated carbocycles. The van der Waals surface area contributed by atoms with E-state index in [1.54, 1.807) is 19.1 Å². The Labute approximate surface area is 219 Å². The summed E-state index contributed by atoms with van der Waals surface area (Å²) in [6, 6.07) is 5.16. The van der Waals surface area contributed by atoms with Crippen LogP contribution in [0.1, 0.15) is 37.3 Å². The van der Waals surface area contributed by atoms with Crippen LogP contribution in [0.25, 0.3) is 0 Å². The third-order valence-corrected chi connectivity index (χ3v) is 6.52. The average Bonchev–Trinajstić information content (AvgIpc) is 3.43. The molecule has 1 saturated heterocycles. The number of azo groups is 1. The van der Waals surface area contributed by atoms with E-state index in [0.717, 1.165) is 6.07 Å². The maximum atomic E-state index is 13.7. The van der Waals surface area contributed by atoms with Crippen LogP contribution < -0.4 is 5.32 Å². The Morgan fingerprint density at radius 2 is 1.94 bits per heavy atom. The summed E-state index contributed by atoms with van der Waals surface area (Å²) in [5.74, 6) is -6.33. The minimum absolute atomic E-state index is 0. The highest BCUT2D eigenvalue weighted by Crippen LogP contribution is 2.50. The summed E-state index contributed by atoms with van der Waals surface area (Å²) < 4.78 is 40.9. The van der Waals surface area contributed by atoms with E-state index in [9.17, 15) is 27.6 Å². The minimum atomic E-state index is -2.97. The monoisotopic (exact) mass is 541 g/mol. The van der Waals surface area contributed by atoms with Gasteiger partial charge in [0.15, 0.2) is 0 Å². The molecule has 8 nitrogen and oxygen atoms in total. The van der Waals surface area contributed by atoms with E-state index in [2.05, 4.69) is 15.5 Å². The van der Waals surface area contributed by atoms with Crippen molar-refractivity contribution in [2.45, 2.75) is 50.1 Å². The fourth-order valence-electron chi connectivity index (χ4n) is 4.80. The fourth-order valence-corrected chi connectivity index (χ4v) is 4.80. The highest BCUT2D eigenvalue weighted by Gasteiger charge is 2.60. The van der Waals surface area contributed by atoms with Gasteiger partial charge in [0.05, 0.1) is 23.3 Å². The first kappa shape index (κ1) is 29.4. The van der Waals surface area contributed by atoms with Crippen LogP contribution in [0.4, 0.5) is 13.2 Å². The molecule has 1 aromatic rings.